The van der Waals surface area contributed by atoms with E-state index >= 15 is 0 Å². The fourth-order valence-electron chi connectivity index (χ4n) is 3.09. The molecule has 0 aromatic carbocycles. The van der Waals surface area contributed by atoms with Crippen LogP contribution in [0.5, 0.6) is 0 Å². The van der Waals surface area contributed by atoms with E-state index in [0.29, 0.717) is 15.6 Å². The van der Waals surface area contributed by atoms with Crippen LogP contribution >= 0.6 is 22.7 Å². The van der Waals surface area contributed by atoms with E-state index in [2.05, 4.69) is 86.3 Å². The molecule has 0 aliphatic rings. The minimum atomic E-state index is -1.12. The smallest absolute Gasteiger partial charge is 0.141 e. The van der Waals surface area contributed by atoms with Crippen LogP contribution in [0.1, 0.15) is 25.6 Å². The number of rotatable bonds is 7. The van der Waals surface area contributed by atoms with Gasteiger partial charge in [0, 0.05) is 41.2 Å². The van der Waals surface area contributed by atoms with Crippen LogP contribution in [0.4, 0.5) is 5.69 Å². The summed E-state index contributed by atoms with van der Waals surface area (Å²) in [5, 5.41) is 3.61. The van der Waals surface area contributed by atoms with Gasteiger partial charge in [-0.1, -0.05) is 24.8 Å². The Morgan fingerprint density at radius 2 is 1.98 bits per heavy atom. The first-order valence-corrected chi connectivity index (χ1v) is 14.9. The van der Waals surface area contributed by atoms with Crippen LogP contribution < -0.4 is 5.73 Å². The van der Waals surface area contributed by atoms with Gasteiger partial charge in [-0.3, -0.25) is 9.20 Å². The van der Waals surface area contributed by atoms with Crippen molar-refractivity contribution in [1.29, 1.82) is 0 Å². The molecule has 4 aromatic rings. The average molecular weight is 588 g/mol. The molecule has 4 heterocycles. The van der Waals surface area contributed by atoms with Crippen molar-refractivity contribution in [2.75, 3.05) is 18.5 Å². The number of thiophene rings is 1. The molecule has 0 spiro atoms. The minimum Gasteiger partial charge on any atom is -0.396 e. The zero-order valence-electron chi connectivity index (χ0n) is 22.6. The zero-order valence-corrected chi connectivity index (χ0v) is 25.0. The van der Waals surface area contributed by atoms with Crippen LogP contribution in [0.2, 0.25) is 0 Å². The minimum absolute atomic E-state index is 0.560. The Labute approximate surface area is 244 Å². The number of pyridine rings is 1. The van der Waals surface area contributed by atoms with Gasteiger partial charge in [-0.2, -0.15) is 0 Å². The van der Waals surface area contributed by atoms with Gasteiger partial charge in [-0.05, 0) is 56.5 Å². The number of aliphatic imine (C=N–C) groups is 2. The lowest BCUT2D eigenvalue weighted by Gasteiger charge is -2.05. The number of hydrogen-bond donors (Lipinski definition) is 2. The lowest BCUT2D eigenvalue weighted by Crippen LogP contribution is -1.99. The number of nitrogen functional groups attached to an aromatic ring is 1. The number of aromatic amines is 1. The lowest BCUT2D eigenvalue weighted by molar-refractivity contribution is 0.681. The van der Waals surface area contributed by atoms with Crippen LogP contribution in [-0.4, -0.2) is 49.5 Å². The molecule has 0 aliphatic heterocycles. The maximum Gasteiger partial charge on any atom is 0.141 e. The van der Waals surface area contributed by atoms with E-state index in [1.165, 1.54) is 28.9 Å². The number of H-pyrrole nitrogens is 1. The lowest BCUT2D eigenvalue weighted by atomic mass is 10.1. The Morgan fingerprint density at radius 3 is 2.50 bits per heavy atom. The third kappa shape index (κ3) is 9.14. The standard InChI is InChI=1S/C18H19N5OS3.C7H4.C4H6N2/c1-3-4-7-27(24)18-15(19)14-11(13-9-21-10(2)22-13)8-12(23-17(14)26-18)16-20-5-6-25-16;1-3-5-7-6-4-2;1-5-3-4-6-2/h5-6,8-9H,3-4,7,19H2,1-2H3,(H,21,22);1-2H2;3H,1H2,2H3. The van der Waals surface area contributed by atoms with E-state index in [4.69, 9.17) is 10.7 Å². The second-order valence-corrected chi connectivity index (χ2v) is 11.2. The molecule has 40 heavy (non-hydrogen) atoms. The molecule has 1 atom stereocenters. The van der Waals surface area contributed by atoms with E-state index in [9.17, 15) is 4.21 Å². The second-order valence-electron chi connectivity index (χ2n) is 7.55. The molecule has 0 radical (unpaired) electrons. The first-order chi connectivity index (χ1) is 19.4. The van der Waals surface area contributed by atoms with Gasteiger partial charge in [0.25, 0.3) is 0 Å². The molecule has 204 valence electrons. The van der Waals surface area contributed by atoms with Gasteiger partial charge in [-0.15, -0.1) is 22.7 Å². The highest BCUT2D eigenvalue weighted by Crippen LogP contribution is 2.42. The van der Waals surface area contributed by atoms with Gasteiger partial charge < -0.3 is 10.7 Å². The number of hydrogen-bond acceptors (Lipinski definition) is 9. The van der Waals surface area contributed by atoms with Crippen LogP contribution in [0.3, 0.4) is 0 Å². The van der Waals surface area contributed by atoms with E-state index < -0.39 is 10.8 Å². The molecule has 4 rings (SSSR count). The molecular weight excluding hydrogens is 559 g/mol. The molecule has 0 bridgehead atoms. The molecule has 4 aromatic heterocycles. The fourth-order valence-corrected chi connectivity index (χ4v) is 6.48. The van der Waals surface area contributed by atoms with Gasteiger partial charge in [0.05, 0.1) is 34.6 Å². The molecule has 0 saturated heterocycles. The number of imidazole rings is 1. The van der Waals surface area contributed by atoms with Gasteiger partial charge in [0.1, 0.15) is 25.6 Å². The summed E-state index contributed by atoms with van der Waals surface area (Å²) in [5.74, 6) is 3.91. The van der Waals surface area contributed by atoms with Crippen LogP contribution in [-0.2, 0) is 10.8 Å². The number of nitrogens with two attached hydrogens (primary N) is 1. The Kier molecular flexibility index (Phi) is 13.8. The van der Waals surface area contributed by atoms with Gasteiger partial charge in [0.2, 0.25) is 0 Å². The molecule has 0 aliphatic carbocycles. The SMILES string of the molecule is C=C=C=C=C=C=C.C=NC=C=NC.CCCCS(=O)c1sc2nc(-c3nccs3)cc(-c3cnc(C)[nH]3)c2c1N. The van der Waals surface area contributed by atoms with Crippen LogP contribution in [0, 0.1) is 6.92 Å². The summed E-state index contributed by atoms with van der Waals surface area (Å²) in [6.45, 7) is 13.7. The maximum atomic E-state index is 12.7. The number of nitrogens with one attached hydrogen (secondary N) is 1. The third-order valence-corrected chi connectivity index (χ3v) is 8.57. The highest BCUT2D eigenvalue weighted by molar-refractivity contribution is 7.87. The van der Waals surface area contributed by atoms with Crippen molar-refractivity contribution < 1.29 is 4.21 Å². The molecule has 8 nitrogen and oxygen atoms in total. The summed E-state index contributed by atoms with van der Waals surface area (Å²) in [4.78, 5) is 24.4. The first-order valence-electron chi connectivity index (χ1n) is 11.9. The average Bonchev–Trinajstić information content (AvgIpc) is 3.72. The van der Waals surface area contributed by atoms with Crippen LogP contribution in [0.15, 0.2) is 86.0 Å². The molecule has 0 amide bonds. The molecule has 1 unspecified atom stereocenters. The second kappa shape index (κ2) is 17.3. The van der Waals surface area contributed by atoms with Crippen molar-refractivity contribution in [1.82, 2.24) is 19.9 Å². The van der Waals surface area contributed by atoms with Crippen molar-refractivity contribution in [3.8, 4) is 22.0 Å². The fraction of sp³-hybridized carbons (Fsp3) is 0.207. The summed E-state index contributed by atoms with van der Waals surface area (Å²) in [7, 11) is 0.511. The van der Waals surface area contributed by atoms with Crippen molar-refractivity contribution in [2.24, 2.45) is 9.98 Å². The predicted octanol–water partition coefficient (Wildman–Crippen LogP) is 6.69. The largest absolute Gasteiger partial charge is 0.396 e. The quantitative estimate of drug-likeness (QED) is 0.184. The Balaban J connectivity index is 0.000000360. The Morgan fingerprint density at radius 1 is 1.23 bits per heavy atom. The number of nitrogens with zero attached hydrogens (tertiary/aromatic N) is 5. The van der Waals surface area contributed by atoms with Gasteiger partial charge in [0.15, 0.2) is 0 Å². The third-order valence-electron chi connectivity index (χ3n) is 4.78. The molecule has 0 saturated carbocycles. The first kappa shape index (κ1) is 31.9. The molecule has 0 fully saturated rings. The van der Waals surface area contributed by atoms with Crippen molar-refractivity contribution in [3.05, 3.63) is 77.7 Å². The van der Waals surface area contributed by atoms with E-state index in [0.717, 1.165) is 50.8 Å². The topological polar surface area (TPSA) is 122 Å². The van der Waals surface area contributed by atoms with Crippen molar-refractivity contribution >= 4 is 62.0 Å². The number of fused-ring (bicyclic) bond motifs is 1. The summed E-state index contributed by atoms with van der Waals surface area (Å²) in [6, 6.07) is 1.98. The zero-order chi connectivity index (χ0) is 29.3. The van der Waals surface area contributed by atoms with Gasteiger partial charge >= 0.3 is 0 Å². The van der Waals surface area contributed by atoms with E-state index in [-0.39, 0.29) is 0 Å². The highest BCUT2D eigenvalue weighted by Gasteiger charge is 2.21. The number of anilines is 1. The Bertz CT molecular complexity index is 1690. The van der Waals surface area contributed by atoms with Crippen molar-refractivity contribution in [3.63, 3.8) is 0 Å². The monoisotopic (exact) mass is 587 g/mol. The summed E-state index contributed by atoms with van der Waals surface area (Å²) in [5.41, 5.74) is 21.6. The van der Waals surface area contributed by atoms with E-state index in [1.54, 1.807) is 19.4 Å². The van der Waals surface area contributed by atoms with Crippen molar-refractivity contribution in [2.45, 2.75) is 30.9 Å². The number of unbranched alkanes of at least 4 members (excludes halogenated alkanes) is 1. The summed E-state index contributed by atoms with van der Waals surface area (Å²) < 4.78 is 13.5. The molecule has 3 N–H and O–H groups in total. The molecule has 11 heteroatoms. The van der Waals surface area contributed by atoms with E-state index in [1.807, 2.05) is 18.4 Å². The van der Waals surface area contributed by atoms with Gasteiger partial charge in [-0.25, -0.2) is 19.9 Å². The number of thiazole rings is 1. The summed E-state index contributed by atoms with van der Waals surface area (Å²) in [6.07, 6.45) is 6.87. The number of aromatic nitrogens is 4. The predicted molar refractivity (Wildman–Crippen MR) is 170 cm³/mol. The number of aryl methyl sites for hydroxylation is 1. The highest BCUT2D eigenvalue weighted by atomic mass is 32.2. The maximum absolute atomic E-state index is 12.7. The Hall–Kier alpha value is -4.34. The molecular formula is C29H29N7OS3. The van der Waals surface area contributed by atoms with Crippen LogP contribution in [0.25, 0.3) is 32.2 Å². The normalized spacial score (nSPS) is 9.97. The summed E-state index contributed by atoms with van der Waals surface area (Å²) >= 11 is 2.95.